The highest BCUT2D eigenvalue weighted by atomic mass is 16.7. The molecule has 6 nitrogen and oxygen atoms in total. The first kappa shape index (κ1) is 26.6. The van der Waals surface area contributed by atoms with Gasteiger partial charge in [-0.2, -0.15) is 0 Å². The largest absolute Gasteiger partial charge is 0.495 e. The Balaban J connectivity index is 1.84. The van der Waals surface area contributed by atoms with E-state index in [1.807, 2.05) is 20.8 Å². The highest BCUT2D eigenvalue weighted by Gasteiger charge is 2.52. The molecule has 2 aliphatic rings. The van der Waals surface area contributed by atoms with Crippen LogP contribution in [0.15, 0.2) is 0 Å². The Labute approximate surface area is 206 Å². The van der Waals surface area contributed by atoms with Gasteiger partial charge in [-0.25, -0.2) is 4.79 Å². The fourth-order valence-electron chi connectivity index (χ4n) is 4.70. The number of hydrogen-bond donors (Lipinski definition) is 0. The average molecular weight is 468 g/mol. The van der Waals surface area contributed by atoms with Gasteiger partial charge in [-0.05, 0) is 97.0 Å². The number of ether oxygens (including phenoxy) is 1. The van der Waals surface area contributed by atoms with Crippen LogP contribution in [0, 0.1) is 33.1 Å². The number of carbonyl (C=O) groups is 1. The summed E-state index contributed by atoms with van der Waals surface area (Å²) >= 11 is 0. The van der Waals surface area contributed by atoms with Crippen LogP contribution in [0.4, 0.5) is 4.79 Å². The first-order valence-corrected chi connectivity index (χ1v) is 12.2. The molecule has 0 N–H and O–H groups in total. The van der Waals surface area contributed by atoms with E-state index < -0.39 is 23.9 Å². The second-order valence-corrected chi connectivity index (χ2v) is 11.6. The summed E-state index contributed by atoms with van der Waals surface area (Å²) in [6.45, 7) is 23.9. The molecule has 0 atom stereocenters. The number of nitrogens with zero attached hydrogens (tertiary/aromatic N) is 2. The molecule has 2 saturated heterocycles. The Morgan fingerprint density at radius 1 is 1.00 bits per heavy atom. The minimum atomic E-state index is -0.486. The molecule has 2 heterocycles. The smallest absolute Gasteiger partial charge is 0.444 e. The van der Waals surface area contributed by atoms with Crippen LogP contribution in [0.3, 0.4) is 0 Å². The number of carbonyl (C=O) groups excluding carboxylic acids is 1. The molecule has 0 aliphatic carbocycles. The first-order valence-electron chi connectivity index (χ1n) is 12.2. The monoisotopic (exact) mass is 468 g/mol. The quantitative estimate of drug-likeness (QED) is 0.497. The topological polar surface area (TPSA) is 51.2 Å². The maximum Gasteiger partial charge on any atom is 0.495 e. The lowest BCUT2D eigenvalue weighted by Crippen LogP contribution is -2.50. The van der Waals surface area contributed by atoms with Gasteiger partial charge in [-0.15, -0.1) is 6.42 Å². The minimum Gasteiger partial charge on any atom is -0.444 e. The van der Waals surface area contributed by atoms with Crippen molar-refractivity contribution in [1.29, 1.82) is 0 Å². The number of amides is 1. The van der Waals surface area contributed by atoms with Gasteiger partial charge >= 0.3 is 13.2 Å². The standard InChI is InChI=1S/C27H41BN2O4/c1-12-21-18(2)22(17-29-13-15-30(16-14-29)24(31)32-25(5,6)7)20(4)23(19(21)3)28-33-26(8,9)27(10,11)34-28/h1H,13-17H2,2-11H3. The van der Waals surface area contributed by atoms with E-state index in [4.69, 9.17) is 20.5 Å². The molecule has 0 radical (unpaired) electrons. The Kier molecular flexibility index (Phi) is 7.21. The Morgan fingerprint density at radius 2 is 1.53 bits per heavy atom. The molecule has 0 spiro atoms. The summed E-state index contributed by atoms with van der Waals surface area (Å²) in [5.74, 6) is 2.92. The van der Waals surface area contributed by atoms with Crippen molar-refractivity contribution in [3.8, 4) is 12.3 Å². The molecule has 7 heteroatoms. The van der Waals surface area contributed by atoms with Crippen molar-refractivity contribution >= 4 is 18.7 Å². The normalized spacial score (nSPS) is 20.4. The predicted molar refractivity (Wildman–Crippen MR) is 137 cm³/mol. The van der Waals surface area contributed by atoms with Crippen LogP contribution in [0.5, 0.6) is 0 Å². The zero-order valence-electron chi connectivity index (χ0n) is 22.7. The van der Waals surface area contributed by atoms with E-state index in [-0.39, 0.29) is 6.09 Å². The summed E-state index contributed by atoms with van der Waals surface area (Å²) in [6, 6.07) is 0. The predicted octanol–water partition coefficient (Wildman–Crippen LogP) is 3.95. The van der Waals surface area contributed by atoms with Crippen molar-refractivity contribution < 1.29 is 18.8 Å². The van der Waals surface area contributed by atoms with Crippen molar-refractivity contribution in [3.63, 3.8) is 0 Å². The van der Waals surface area contributed by atoms with Gasteiger partial charge in [-0.1, -0.05) is 5.92 Å². The van der Waals surface area contributed by atoms with Crippen molar-refractivity contribution in [3.05, 3.63) is 27.8 Å². The van der Waals surface area contributed by atoms with Gasteiger partial charge in [0.1, 0.15) is 5.60 Å². The van der Waals surface area contributed by atoms with E-state index in [1.54, 1.807) is 4.90 Å². The Bertz CT molecular complexity index is 980. The lowest BCUT2D eigenvalue weighted by atomic mass is 9.70. The van der Waals surface area contributed by atoms with E-state index in [1.165, 1.54) is 11.1 Å². The maximum atomic E-state index is 12.4. The zero-order valence-corrected chi connectivity index (χ0v) is 22.7. The van der Waals surface area contributed by atoms with Gasteiger partial charge in [0.2, 0.25) is 0 Å². The fourth-order valence-corrected chi connectivity index (χ4v) is 4.70. The zero-order chi connectivity index (χ0) is 25.6. The van der Waals surface area contributed by atoms with E-state index in [0.29, 0.717) is 13.1 Å². The van der Waals surface area contributed by atoms with Crippen molar-refractivity contribution in [1.82, 2.24) is 9.80 Å². The number of piperazine rings is 1. The molecule has 2 aliphatic heterocycles. The third-order valence-electron chi connectivity index (χ3n) is 7.50. The van der Waals surface area contributed by atoms with Gasteiger partial charge in [0.25, 0.3) is 0 Å². The third-order valence-corrected chi connectivity index (χ3v) is 7.50. The van der Waals surface area contributed by atoms with Gasteiger partial charge in [0.15, 0.2) is 0 Å². The lowest BCUT2D eigenvalue weighted by molar-refractivity contribution is 0.00578. The molecule has 0 unspecified atom stereocenters. The van der Waals surface area contributed by atoms with Crippen molar-refractivity contribution in [2.75, 3.05) is 26.2 Å². The summed E-state index contributed by atoms with van der Waals surface area (Å²) < 4.78 is 18.4. The van der Waals surface area contributed by atoms with Crippen LogP contribution in [-0.2, 0) is 20.6 Å². The van der Waals surface area contributed by atoms with E-state index in [9.17, 15) is 4.79 Å². The number of hydrogen-bond acceptors (Lipinski definition) is 5. The molecule has 0 bridgehead atoms. The summed E-state index contributed by atoms with van der Waals surface area (Å²) in [4.78, 5) is 16.6. The van der Waals surface area contributed by atoms with Crippen molar-refractivity contribution in [2.45, 2.75) is 92.6 Å². The Morgan fingerprint density at radius 3 is 2.00 bits per heavy atom. The number of rotatable bonds is 3. The van der Waals surface area contributed by atoms with Gasteiger partial charge in [-0.3, -0.25) is 4.90 Å². The SMILES string of the molecule is C#Cc1c(C)c(CN2CCN(C(=O)OC(C)(C)C)CC2)c(C)c(B2OC(C)(C)C(C)(C)O2)c1C. The highest BCUT2D eigenvalue weighted by molar-refractivity contribution is 6.63. The Hall–Kier alpha value is -2.01. The average Bonchev–Trinajstić information content (AvgIpc) is 2.91. The molecule has 0 aromatic heterocycles. The minimum absolute atomic E-state index is 0.243. The van der Waals surface area contributed by atoms with Gasteiger partial charge in [0.05, 0.1) is 11.2 Å². The summed E-state index contributed by atoms with van der Waals surface area (Å²) in [5.41, 5.74) is 5.20. The molecule has 1 amide bonds. The molecule has 1 aromatic rings. The molecule has 34 heavy (non-hydrogen) atoms. The molecule has 1 aromatic carbocycles. The van der Waals surface area contributed by atoms with E-state index in [2.05, 4.69) is 59.3 Å². The molecule has 0 saturated carbocycles. The number of terminal acetylenes is 1. The molecular formula is C27H41BN2O4. The van der Waals surface area contributed by atoms with Crippen molar-refractivity contribution in [2.24, 2.45) is 0 Å². The summed E-state index contributed by atoms with van der Waals surface area (Å²) in [5, 5.41) is 0. The number of benzene rings is 1. The van der Waals surface area contributed by atoms with Crippen LogP contribution < -0.4 is 5.46 Å². The second kappa shape index (κ2) is 9.22. The fraction of sp³-hybridized carbons (Fsp3) is 0.667. The van der Waals surface area contributed by atoms with Gasteiger partial charge in [0, 0.05) is 38.3 Å². The lowest BCUT2D eigenvalue weighted by Gasteiger charge is -2.36. The van der Waals surface area contributed by atoms with E-state index in [0.717, 1.165) is 41.8 Å². The highest BCUT2D eigenvalue weighted by Crippen LogP contribution is 2.37. The molecular weight excluding hydrogens is 427 g/mol. The van der Waals surface area contributed by atoms with Crippen LogP contribution in [-0.4, -0.2) is 66.0 Å². The van der Waals surface area contributed by atoms with Crippen LogP contribution in [0.25, 0.3) is 0 Å². The maximum absolute atomic E-state index is 12.4. The van der Waals surface area contributed by atoms with Crippen LogP contribution >= 0.6 is 0 Å². The first-order chi connectivity index (χ1) is 15.6. The molecule has 2 fully saturated rings. The van der Waals surface area contributed by atoms with Gasteiger partial charge < -0.3 is 18.9 Å². The van der Waals surface area contributed by atoms with Crippen LogP contribution in [0.1, 0.15) is 76.3 Å². The van der Waals surface area contributed by atoms with E-state index >= 15 is 0 Å². The third kappa shape index (κ3) is 5.15. The molecule has 3 rings (SSSR count). The summed E-state index contributed by atoms with van der Waals surface area (Å²) in [7, 11) is -0.458. The summed E-state index contributed by atoms with van der Waals surface area (Å²) in [6.07, 6.45) is 5.73. The second-order valence-electron chi connectivity index (χ2n) is 11.6. The molecule has 186 valence electrons. The van der Waals surface area contributed by atoms with Crippen LogP contribution in [0.2, 0.25) is 0 Å².